The van der Waals surface area contributed by atoms with E-state index in [1.54, 1.807) is 30.5 Å². The maximum atomic E-state index is 13.9. The first-order valence-corrected chi connectivity index (χ1v) is 6.79. The molecule has 0 spiro atoms. The summed E-state index contributed by atoms with van der Waals surface area (Å²) in [7, 11) is 1.78. The third-order valence-electron chi connectivity index (χ3n) is 2.87. The predicted octanol–water partition coefficient (Wildman–Crippen LogP) is 3.86. The van der Waals surface area contributed by atoms with Crippen LogP contribution < -0.4 is 5.32 Å². The highest BCUT2D eigenvalue weighted by Gasteiger charge is 2.22. The highest BCUT2D eigenvalue weighted by atomic mass is 35.5. The Kier molecular flexibility index (Phi) is 4.00. The number of thiazole rings is 1. The first-order chi connectivity index (χ1) is 8.54. The summed E-state index contributed by atoms with van der Waals surface area (Å²) < 4.78 is 13.9. The van der Waals surface area contributed by atoms with Gasteiger partial charge in [-0.25, -0.2) is 9.37 Å². The van der Waals surface area contributed by atoms with Crippen molar-refractivity contribution in [2.24, 2.45) is 0 Å². The molecule has 1 heterocycles. The van der Waals surface area contributed by atoms with Gasteiger partial charge in [0.05, 0.1) is 11.7 Å². The molecule has 2 rings (SSSR count). The Balaban J connectivity index is 2.52. The van der Waals surface area contributed by atoms with Gasteiger partial charge in [-0.15, -0.1) is 11.3 Å². The van der Waals surface area contributed by atoms with Crippen molar-refractivity contribution in [3.63, 3.8) is 0 Å². The van der Waals surface area contributed by atoms with Gasteiger partial charge < -0.3 is 5.32 Å². The van der Waals surface area contributed by atoms with Crippen LogP contribution in [0.3, 0.4) is 0 Å². The smallest absolute Gasteiger partial charge is 0.129 e. The number of halogens is 2. The van der Waals surface area contributed by atoms with Crippen LogP contribution in [-0.2, 0) is 0 Å². The largest absolute Gasteiger partial charge is 0.307 e. The van der Waals surface area contributed by atoms with Gasteiger partial charge in [-0.3, -0.25) is 0 Å². The molecule has 1 atom stereocenters. The van der Waals surface area contributed by atoms with E-state index in [1.165, 1.54) is 6.07 Å². The lowest BCUT2D eigenvalue weighted by Crippen LogP contribution is -2.19. The first kappa shape index (κ1) is 13.5. The number of aryl methyl sites for hydroxylation is 2. The van der Waals surface area contributed by atoms with Crippen molar-refractivity contribution in [3.8, 4) is 0 Å². The van der Waals surface area contributed by atoms with Crippen molar-refractivity contribution in [2.75, 3.05) is 7.05 Å². The molecule has 1 aromatic heterocycles. The number of hydrogen-bond acceptors (Lipinski definition) is 3. The molecule has 0 aliphatic carbocycles. The Morgan fingerprint density at radius 2 is 2.11 bits per heavy atom. The topological polar surface area (TPSA) is 24.9 Å². The maximum absolute atomic E-state index is 13.9. The molecule has 0 saturated carbocycles. The van der Waals surface area contributed by atoms with Crippen LogP contribution >= 0.6 is 22.9 Å². The Labute approximate surface area is 115 Å². The summed E-state index contributed by atoms with van der Waals surface area (Å²) in [5.74, 6) is -0.313. The molecule has 2 aromatic rings. The van der Waals surface area contributed by atoms with E-state index in [2.05, 4.69) is 10.3 Å². The van der Waals surface area contributed by atoms with Crippen molar-refractivity contribution in [2.45, 2.75) is 19.9 Å². The second kappa shape index (κ2) is 5.34. The zero-order valence-corrected chi connectivity index (χ0v) is 12.0. The highest BCUT2D eigenvalue weighted by Crippen LogP contribution is 2.33. The SMILES string of the molecule is CNC(c1nc(C)c(C)s1)c1c(F)cccc1Cl. The monoisotopic (exact) mass is 284 g/mol. The van der Waals surface area contributed by atoms with Gasteiger partial charge in [-0.05, 0) is 33.0 Å². The molecule has 1 N–H and O–H groups in total. The van der Waals surface area contributed by atoms with Gasteiger partial charge in [0.1, 0.15) is 10.8 Å². The summed E-state index contributed by atoms with van der Waals surface area (Å²) in [5.41, 5.74) is 1.43. The number of hydrogen-bond donors (Lipinski definition) is 1. The van der Waals surface area contributed by atoms with Crippen LogP contribution in [0.5, 0.6) is 0 Å². The zero-order valence-electron chi connectivity index (χ0n) is 10.4. The summed E-state index contributed by atoms with van der Waals surface area (Å²) in [6.45, 7) is 3.96. The standard InChI is InChI=1S/C13H14ClFN2S/c1-7-8(2)18-13(17-7)12(16-3)11-9(14)5-4-6-10(11)15/h4-6,12,16H,1-3H3. The lowest BCUT2D eigenvalue weighted by atomic mass is 10.1. The number of aromatic nitrogens is 1. The molecule has 0 bridgehead atoms. The lowest BCUT2D eigenvalue weighted by molar-refractivity contribution is 0.575. The van der Waals surface area contributed by atoms with Crippen LogP contribution in [0.4, 0.5) is 4.39 Å². The van der Waals surface area contributed by atoms with Crippen LogP contribution in [-0.4, -0.2) is 12.0 Å². The van der Waals surface area contributed by atoms with E-state index in [0.717, 1.165) is 15.6 Å². The Morgan fingerprint density at radius 1 is 1.39 bits per heavy atom. The van der Waals surface area contributed by atoms with Gasteiger partial charge in [-0.2, -0.15) is 0 Å². The van der Waals surface area contributed by atoms with Gasteiger partial charge in [-0.1, -0.05) is 17.7 Å². The number of nitrogens with one attached hydrogen (secondary N) is 1. The second-order valence-corrected chi connectivity index (χ2v) is 5.69. The number of rotatable bonds is 3. The van der Waals surface area contributed by atoms with Gasteiger partial charge in [0.25, 0.3) is 0 Å². The fourth-order valence-corrected chi connectivity index (χ4v) is 3.11. The fourth-order valence-electron chi connectivity index (χ4n) is 1.80. The summed E-state index contributed by atoms with van der Waals surface area (Å²) >= 11 is 7.66. The van der Waals surface area contributed by atoms with Crippen LogP contribution in [0.1, 0.15) is 27.2 Å². The quantitative estimate of drug-likeness (QED) is 0.926. The number of benzene rings is 1. The van der Waals surface area contributed by atoms with E-state index in [0.29, 0.717) is 10.6 Å². The minimum atomic E-state index is -0.313. The first-order valence-electron chi connectivity index (χ1n) is 5.59. The van der Waals surface area contributed by atoms with Crippen LogP contribution in [0.25, 0.3) is 0 Å². The van der Waals surface area contributed by atoms with Gasteiger partial charge in [0, 0.05) is 15.5 Å². The minimum absolute atomic E-state index is 0.309. The van der Waals surface area contributed by atoms with Gasteiger partial charge >= 0.3 is 0 Å². The molecular formula is C13H14ClFN2S. The maximum Gasteiger partial charge on any atom is 0.129 e. The van der Waals surface area contributed by atoms with E-state index < -0.39 is 0 Å². The fraction of sp³-hybridized carbons (Fsp3) is 0.308. The molecule has 96 valence electrons. The lowest BCUT2D eigenvalue weighted by Gasteiger charge is -2.16. The van der Waals surface area contributed by atoms with Crippen molar-refractivity contribution < 1.29 is 4.39 Å². The predicted molar refractivity (Wildman–Crippen MR) is 73.9 cm³/mol. The Hall–Kier alpha value is -0.970. The molecule has 0 fully saturated rings. The highest BCUT2D eigenvalue weighted by molar-refractivity contribution is 7.11. The van der Waals surface area contributed by atoms with Crippen LogP contribution in [0, 0.1) is 19.7 Å². The average molecular weight is 285 g/mol. The van der Waals surface area contributed by atoms with Gasteiger partial charge in [0.2, 0.25) is 0 Å². The van der Waals surface area contributed by atoms with Crippen molar-refractivity contribution in [1.82, 2.24) is 10.3 Å². The molecule has 18 heavy (non-hydrogen) atoms. The van der Waals surface area contributed by atoms with Gasteiger partial charge in [0.15, 0.2) is 0 Å². The molecule has 2 nitrogen and oxygen atoms in total. The molecule has 0 amide bonds. The van der Waals surface area contributed by atoms with E-state index in [1.807, 2.05) is 13.8 Å². The summed E-state index contributed by atoms with van der Waals surface area (Å²) in [6.07, 6.45) is 0. The molecule has 1 aromatic carbocycles. The van der Waals surface area contributed by atoms with Crippen molar-refractivity contribution >= 4 is 22.9 Å². The third kappa shape index (κ3) is 2.41. The number of nitrogens with zero attached hydrogens (tertiary/aromatic N) is 1. The molecule has 0 radical (unpaired) electrons. The Bertz CT molecular complexity index is 528. The molecule has 1 unspecified atom stereocenters. The second-order valence-electron chi connectivity index (χ2n) is 4.05. The van der Waals surface area contributed by atoms with Crippen LogP contribution in [0.2, 0.25) is 5.02 Å². The molecule has 0 aliphatic heterocycles. The molecular weight excluding hydrogens is 271 g/mol. The van der Waals surface area contributed by atoms with Crippen molar-refractivity contribution in [3.05, 3.63) is 50.2 Å². The summed E-state index contributed by atoms with van der Waals surface area (Å²) in [6, 6.07) is 4.40. The summed E-state index contributed by atoms with van der Waals surface area (Å²) in [4.78, 5) is 5.61. The van der Waals surface area contributed by atoms with E-state index in [9.17, 15) is 4.39 Å². The van der Waals surface area contributed by atoms with E-state index in [-0.39, 0.29) is 11.9 Å². The van der Waals surface area contributed by atoms with E-state index >= 15 is 0 Å². The normalized spacial score (nSPS) is 12.7. The third-order valence-corrected chi connectivity index (χ3v) is 4.34. The van der Waals surface area contributed by atoms with Crippen molar-refractivity contribution in [1.29, 1.82) is 0 Å². The molecule has 0 saturated heterocycles. The average Bonchev–Trinajstić information content (AvgIpc) is 2.64. The summed E-state index contributed by atoms with van der Waals surface area (Å²) in [5, 5.41) is 4.33. The molecule has 0 aliphatic rings. The zero-order chi connectivity index (χ0) is 13.3. The van der Waals surface area contributed by atoms with E-state index in [4.69, 9.17) is 11.6 Å². The Morgan fingerprint density at radius 3 is 2.61 bits per heavy atom. The van der Waals surface area contributed by atoms with Crippen LogP contribution in [0.15, 0.2) is 18.2 Å². The minimum Gasteiger partial charge on any atom is -0.307 e. The molecule has 5 heteroatoms.